The normalized spacial score (nSPS) is 12.4. The molecular weight excluding hydrogens is 314 g/mol. The van der Waals surface area contributed by atoms with Gasteiger partial charge in [0.05, 0.1) is 10.7 Å². The van der Waals surface area contributed by atoms with Crippen LogP contribution in [0.4, 0.5) is 4.79 Å². The maximum Gasteiger partial charge on any atom is 0.407 e. The van der Waals surface area contributed by atoms with Crippen molar-refractivity contribution in [1.29, 1.82) is 0 Å². The van der Waals surface area contributed by atoms with E-state index in [1.807, 2.05) is 24.3 Å². The Balaban J connectivity index is 1.77. The fraction of sp³-hybridized carbons (Fsp3) is 0.176. The first-order chi connectivity index (χ1) is 10.7. The summed E-state index contributed by atoms with van der Waals surface area (Å²) in [7, 11) is 0. The second kappa shape index (κ2) is 6.50. The largest absolute Gasteiger partial charge is 0.449 e. The van der Waals surface area contributed by atoms with Crippen LogP contribution in [0.5, 0.6) is 0 Å². The summed E-state index contributed by atoms with van der Waals surface area (Å²) in [5, 5.41) is 2.58. The molecule has 3 rings (SSSR count). The number of carbonyl (C=O) groups excluding carboxylic acids is 1. The molecule has 0 saturated heterocycles. The molecule has 0 spiro atoms. The Morgan fingerprint density at radius 1 is 1.09 bits per heavy atom. The third-order valence-corrected chi connectivity index (χ3v) is 4.03. The van der Waals surface area contributed by atoms with Gasteiger partial charge in [0.25, 0.3) is 0 Å². The molecule has 5 heteroatoms. The minimum absolute atomic E-state index is 0.0705. The molecule has 0 fully saturated rings. The van der Waals surface area contributed by atoms with Crippen LogP contribution in [0.1, 0.15) is 17.0 Å². The minimum Gasteiger partial charge on any atom is -0.449 e. The summed E-state index contributed by atoms with van der Waals surface area (Å²) >= 11 is 8.77. The quantitative estimate of drug-likeness (QED) is 0.662. The van der Waals surface area contributed by atoms with Crippen molar-refractivity contribution in [2.45, 2.75) is 5.92 Å². The van der Waals surface area contributed by atoms with E-state index < -0.39 is 6.09 Å². The van der Waals surface area contributed by atoms with Gasteiger partial charge in [0.1, 0.15) is 6.61 Å². The third-order valence-electron chi connectivity index (χ3n) is 3.73. The summed E-state index contributed by atoms with van der Waals surface area (Å²) in [5.41, 5.74) is 4.81. The average molecular weight is 329 g/mol. The van der Waals surface area contributed by atoms with Gasteiger partial charge < -0.3 is 10.1 Å². The van der Waals surface area contributed by atoms with Gasteiger partial charge in [-0.25, -0.2) is 4.79 Å². The highest BCUT2D eigenvalue weighted by Crippen LogP contribution is 2.44. The van der Waals surface area contributed by atoms with Crippen LogP contribution in [0, 0.1) is 0 Å². The Kier molecular flexibility index (Phi) is 4.45. The number of thiol groups is 1. The van der Waals surface area contributed by atoms with E-state index in [1.54, 1.807) is 0 Å². The van der Waals surface area contributed by atoms with Gasteiger partial charge in [-0.2, -0.15) is 0 Å². The number of hydrogen-bond donors (Lipinski definition) is 2. The highest BCUT2D eigenvalue weighted by molar-refractivity contribution is 8.11. The molecule has 0 heterocycles. The monoisotopic (exact) mass is 329 g/mol. The number of alkyl carbamates (subject to hydrolysis) is 1. The Labute approximate surface area is 140 Å². The van der Waals surface area contributed by atoms with E-state index >= 15 is 0 Å². The summed E-state index contributed by atoms with van der Waals surface area (Å²) in [6, 6.07) is 16.5. The molecule has 3 nitrogen and oxygen atoms in total. The summed E-state index contributed by atoms with van der Waals surface area (Å²) in [6.45, 7) is 0.536. The van der Waals surface area contributed by atoms with Gasteiger partial charge in [-0.3, -0.25) is 0 Å². The molecule has 112 valence electrons. The highest BCUT2D eigenvalue weighted by atomic mass is 32.1. The van der Waals surface area contributed by atoms with E-state index in [9.17, 15) is 4.79 Å². The zero-order chi connectivity index (χ0) is 15.5. The first kappa shape index (κ1) is 15.1. The molecule has 1 aliphatic carbocycles. The zero-order valence-corrected chi connectivity index (χ0v) is 13.5. The molecule has 2 aromatic rings. The Hall–Kier alpha value is -1.85. The van der Waals surface area contributed by atoms with Gasteiger partial charge in [-0.1, -0.05) is 60.7 Å². The van der Waals surface area contributed by atoms with Crippen LogP contribution in [0.2, 0.25) is 0 Å². The van der Waals surface area contributed by atoms with Crippen LogP contribution < -0.4 is 5.32 Å². The summed E-state index contributed by atoms with van der Waals surface area (Å²) in [6.07, 6.45) is -0.474. The summed E-state index contributed by atoms with van der Waals surface area (Å²) < 4.78 is 5.77. The maximum atomic E-state index is 11.7. The number of nitrogens with one attached hydrogen (secondary N) is 1. The molecule has 1 N–H and O–H groups in total. The van der Waals surface area contributed by atoms with Crippen molar-refractivity contribution in [2.75, 3.05) is 13.2 Å². The number of fused-ring (bicyclic) bond motifs is 3. The van der Waals surface area contributed by atoms with Crippen molar-refractivity contribution in [1.82, 2.24) is 5.32 Å². The topological polar surface area (TPSA) is 38.3 Å². The lowest BCUT2D eigenvalue weighted by Gasteiger charge is -2.14. The standard InChI is InChI=1S/C17H15NO2S2/c19-17(18-9-16(21)22)20-10-15-13-7-3-1-5-11(13)12-6-2-4-8-14(12)15/h1-8,15H,9-10H2,(H,18,19)(H,21,22). The lowest BCUT2D eigenvalue weighted by Crippen LogP contribution is -2.29. The molecule has 1 aliphatic rings. The fourth-order valence-corrected chi connectivity index (χ4v) is 2.95. The second-order valence-corrected chi connectivity index (χ2v) is 6.41. The fourth-order valence-electron chi connectivity index (χ4n) is 2.80. The van der Waals surface area contributed by atoms with Gasteiger partial charge in [0.2, 0.25) is 0 Å². The Morgan fingerprint density at radius 3 is 2.18 bits per heavy atom. The molecule has 0 aliphatic heterocycles. The van der Waals surface area contributed by atoms with Gasteiger partial charge >= 0.3 is 6.09 Å². The molecule has 0 aromatic heterocycles. The molecule has 22 heavy (non-hydrogen) atoms. The molecule has 0 unspecified atom stereocenters. The third kappa shape index (κ3) is 3.00. The highest BCUT2D eigenvalue weighted by Gasteiger charge is 2.28. The Bertz CT molecular complexity index is 685. The average Bonchev–Trinajstić information content (AvgIpc) is 2.85. The number of benzene rings is 2. The molecule has 0 atom stereocenters. The van der Waals surface area contributed by atoms with E-state index in [0.717, 1.165) is 0 Å². The molecule has 0 saturated carbocycles. The van der Waals surface area contributed by atoms with Gasteiger partial charge in [-0.15, -0.1) is 12.6 Å². The van der Waals surface area contributed by atoms with Crippen molar-refractivity contribution in [3.05, 3.63) is 59.7 Å². The van der Waals surface area contributed by atoms with Gasteiger partial charge in [-0.05, 0) is 22.3 Å². The number of ether oxygens (including phenoxy) is 1. The van der Waals surface area contributed by atoms with Crippen molar-refractivity contribution >= 4 is 35.1 Å². The van der Waals surface area contributed by atoms with Crippen LogP contribution in [0.25, 0.3) is 11.1 Å². The first-order valence-electron chi connectivity index (χ1n) is 6.97. The van der Waals surface area contributed by atoms with Gasteiger partial charge in [0.15, 0.2) is 0 Å². The molecule has 2 aromatic carbocycles. The maximum absolute atomic E-state index is 11.7. The van der Waals surface area contributed by atoms with E-state index in [0.29, 0.717) is 10.8 Å². The van der Waals surface area contributed by atoms with Crippen molar-refractivity contribution in [2.24, 2.45) is 0 Å². The van der Waals surface area contributed by atoms with E-state index in [1.165, 1.54) is 22.3 Å². The summed E-state index contributed by atoms with van der Waals surface area (Å²) in [5.74, 6) is 0.0705. The number of rotatable bonds is 4. The van der Waals surface area contributed by atoms with Crippen molar-refractivity contribution < 1.29 is 9.53 Å². The van der Waals surface area contributed by atoms with Crippen LogP contribution in [0.15, 0.2) is 48.5 Å². The minimum atomic E-state index is -0.474. The van der Waals surface area contributed by atoms with Crippen LogP contribution >= 0.6 is 24.8 Å². The number of carbonyl (C=O) groups is 1. The summed E-state index contributed by atoms with van der Waals surface area (Å²) in [4.78, 5) is 11.7. The van der Waals surface area contributed by atoms with E-state index in [4.69, 9.17) is 17.0 Å². The number of hydrogen-bond acceptors (Lipinski definition) is 3. The molecular formula is C17H15NO2S2. The molecule has 0 radical (unpaired) electrons. The Morgan fingerprint density at radius 2 is 1.64 bits per heavy atom. The lowest BCUT2D eigenvalue weighted by atomic mass is 9.98. The SMILES string of the molecule is O=C(NCC(=S)S)OCC1c2ccccc2-c2ccccc21. The number of amides is 1. The van der Waals surface area contributed by atoms with Gasteiger partial charge in [0, 0.05) is 5.92 Å². The molecule has 0 bridgehead atoms. The van der Waals surface area contributed by atoms with Crippen LogP contribution in [-0.4, -0.2) is 23.4 Å². The van der Waals surface area contributed by atoms with E-state index in [2.05, 4.69) is 42.2 Å². The second-order valence-electron chi connectivity index (χ2n) is 5.07. The zero-order valence-electron chi connectivity index (χ0n) is 11.8. The van der Waals surface area contributed by atoms with Crippen molar-refractivity contribution in [3.8, 4) is 11.1 Å². The van der Waals surface area contributed by atoms with Crippen LogP contribution in [0.3, 0.4) is 0 Å². The lowest BCUT2D eigenvalue weighted by molar-refractivity contribution is 0.144. The predicted molar refractivity (Wildman–Crippen MR) is 94.7 cm³/mol. The number of thiocarbonyl (C=S) groups is 1. The predicted octanol–water partition coefficient (Wildman–Crippen LogP) is 3.78. The smallest absolute Gasteiger partial charge is 0.407 e. The van der Waals surface area contributed by atoms with E-state index in [-0.39, 0.29) is 12.5 Å². The first-order valence-corrected chi connectivity index (χ1v) is 7.83. The molecule has 1 amide bonds. The van der Waals surface area contributed by atoms with Crippen LogP contribution in [-0.2, 0) is 4.74 Å². The van der Waals surface area contributed by atoms with Crippen molar-refractivity contribution in [3.63, 3.8) is 0 Å².